The van der Waals surface area contributed by atoms with Crippen molar-refractivity contribution in [3.8, 4) is 0 Å². The van der Waals surface area contributed by atoms with Crippen LogP contribution in [0.15, 0.2) is 30.3 Å². The molecule has 1 rings (SSSR count). The Hall–Kier alpha value is -0.376. The topological polar surface area (TPSA) is 38.3 Å². The van der Waals surface area contributed by atoms with E-state index >= 15 is 0 Å². The normalized spacial score (nSPS) is 8.87. The average Bonchev–Trinajstić information content (AvgIpc) is 2.20. The van der Waals surface area contributed by atoms with Gasteiger partial charge in [-0.2, -0.15) is 0 Å². The van der Waals surface area contributed by atoms with Crippen LogP contribution in [0.4, 0.5) is 0 Å². The monoisotopic (exact) mass is 281 g/mol. The van der Waals surface area contributed by atoms with E-state index < -0.39 is 0 Å². The van der Waals surface area contributed by atoms with Crippen LogP contribution < -0.4 is 5.32 Å². The molecule has 79 valence electrons. The fourth-order valence-electron chi connectivity index (χ4n) is 1.03. The summed E-state index contributed by atoms with van der Waals surface area (Å²) in [4.78, 5) is 10.9. The van der Waals surface area contributed by atoms with Crippen LogP contribution in [0, 0.1) is 6.54 Å². The minimum Gasteiger partial charge on any atom is -0.487 e. The number of carbonyl (C=O) groups is 1. The molecule has 0 aliphatic heterocycles. The van der Waals surface area contributed by atoms with Gasteiger partial charge in [0.1, 0.15) is 0 Å². The fraction of sp³-hybridized carbons (Fsp3) is 0.273. The predicted octanol–water partition coefficient (Wildman–Crippen LogP) is 1.50. The van der Waals surface area contributed by atoms with Crippen molar-refractivity contribution in [3.63, 3.8) is 0 Å². The minimum atomic E-state index is -0.330. The first-order valence-electron chi connectivity index (χ1n) is 4.60. The quantitative estimate of drug-likeness (QED) is 0.656. The van der Waals surface area contributed by atoms with Crippen LogP contribution in [0.1, 0.15) is 12.5 Å². The summed E-state index contributed by atoms with van der Waals surface area (Å²) in [5.41, 5.74) is 1.13. The van der Waals surface area contributed by atoms with Crippen molar-refractivity contribution in [3.05, 3.63) is 42.4 Å². The molecule has 0 spiro atoms. The van der Waals surface area contributed by atoms with Gasteiger partial charge in [0.2, 0.25) is 0 Å². The van der Waals surface area contributed by atoms with E-state index in [1.54, 1.807) is 6.92 Å². The van der Waals surface area contributed by atoms with Gasteiger partial charge >= 0.3 is 0 Å². The summed E-state index contributed by atoms with van der Waals surface area (Å²) < 4.78 is 4.72. The zero-order valence-electron chi connectivity index (χ0n) is 8.77. The van der Waals surface area contributed by atoms with Gasteiger partial charge in [-0.1, -0.05) is 30.3 Å². The van der Waals surface area contributed by atoms with Crippen LogP contribution >= 0.6 is 0 Å². The molecule has 0 fully saturated rings. The second kappa shape index (κ2) is 8.89. The molecule has 15 heavy (non-hydrogen) atoms. The van der Waals surface area contributed by atoms with E-state index in [0.29, 0.717) is 13.2 Å². The molecule has 0 unspecified atom stereocenters. The number of rotatable bonds is 5. The number of benzene rings is 1. The second-order valence-electron chi connectivity index (χ2n) is 2.76. The summed E-state index contributed by atoms with van der Waals surface area (Å²) in [5.74, 6) is -0.330. The number of hydrogen-bond donors (Lipinski definition) is 1. The van der Waals surface area contributed by atoms with E-state index in [4.69, 9.17) is 4.74 Å². The SMILES string of the molecule is CCOC(=O)[CH-]NCc1ccccc1.[Y]. The largest absolute Gasteiger partial charge is 0.487 e. The van der Waals surface area contributed by atoms with Crippen molar-refractivity contribution in [2.45, 2.75) is 13.5 Å². The maximum absolute atomic E-state index is 10.9. The van der Waals surface area contributed by atoms with Gasteiger partial charge in [-0.3, -0.25) is 4.79 Å². The van der Waals surface area contributed by atoms with E-state index in [9.17, 15) is 4.79 Å². The third kappa shape index (κ3) is 6.66. The molecule has 0 aliphatic rings. The molecule has 0 bridgehead atoms. The van der Waals surface area contributed by atoms with E-state index in [1.165, 1.54) is 6.54 Å². The molecule has 3 nitrogen and oxygen atoms in total. The molecule has 4 heteroatoms. The van der Waals surface area contributed by atoms with Gasteiger partial charge in [0, 0.05) is 32.7 Å². The molecule has 1 aromatic rings. The molecule has 1 N–H and O–H groups in total. The molecule has 0 aliphatic carbocycles. The maximum Gasteiger partial charge on any atom is 0.179 e. The molecule has 0 saturated heterocycles. The van der Waals surface area contributed by atoms with E-state index in [0.717, 1.165) is 5.56 Å². The Morgan fingerprint density at radius 1 is 1.40 bits per heavy atom. The average molecular weight is 281 g/mol. The number of carbonyl (C=O) groups excluding carboxylic acids is 1. The molecular weight excluding hydrogens is 267 g/mol. The third-order valence-electron chi connectivity index (χ3n) is 1.66. The Labute approximate surface area is 115 Å². The number of hydrogen-bond acceptors (Lipinski definition) is 3. The van der Waals surface area contributed by atoms with Crippen molar-refractivity contribution in [1.29, 1.82) is 0 Å². The minimum absolute atomic E-state index is 0. The first kappa shape index (κ1) is 14.6. The molecule has 0 amide bonds. The van der Waals surface area contributed by atoms with Gasteiger partial charge < -0.3 is 10.1 Å². The first-order valence-corrected chi connectivity index (χ1v) is 4.60. The molecule has 0 atom stereocenters. The number of esters is 1. The van der Waals surface area contributed by atoms with Crippen molar-refractivity contribution < 1.29 is 42.2 Å². The van der Waals surface area contributed by atoms with Gasteiger partial charge in [-0.05, 0) is 19.0 Å². The van der Waals surface area contributed by atoms with Crippen LogP contribution in [0.25, 0.3) is 0 Å². The Bertz CT molecular complexity index is 277. The summed E-state index contributed by atoms with van der Waals surface area (Å²) in [7, 11) is 0. The summed E-state index contributed by atoms with van der Waals surface area (Å²) >= 11 is 0. The second-order valence-corrected chi connectivity index (χ2v) is 2.76. The van der Waals surface area contributed by atoms with Crippen LogP contribution in [-0.4, -0.2) is 12.6 Å². The van der Waals surface area contributed by atoms with Gasteiger partial charge in [-0.25, -0.2) is 6.54 Å². The van der Waals surface area contributed by atoms with E-state index in [-0.39, 0.29) is 38.7 Å². The van der Waals surface area contributed by atoms with Crippen molar-refractivity contribution >= 4 is 5.97 Å². The van der Waals surface area contributed by atoms with Crippen LogP contribution in [0.3, 0.4) is 0 Å². The molecule has 1 aromatic carbocycles. The smallest absolute Gasteiger partial charge is 0.179 e. The molecule has 0 saturated carbocycles. The van der Waals surface area contributed by atoms with Crippen LogP contribution in [0.2, 0.25) is 0 Å². The number of nitrogens with one attached hydrogen (secondary N) is 1. The molecule has 0 heterocycles. The summed E-state index contributed by atoms with van der Waals surface area (Å²) in [6, 6.07) is 9.86. The molecule has 0 aromatic heterocycles. The Morgan fingerprint density at radius 2 is 2.07 bits per heavy atom. The van der Waals surface area contributed by atoms with Crippen molar-refractivity contribution in [2.24, 2.45) is 0 Å². The Kier molecular flexibility index (Phi) is 8.67. The zero-order valence-corrected chi connectivity index (χ0v) is 11.6. The fourth-order valence-corrected chi connectivity index (χ4v) is 1.03. The summed E-state index contributed by atoms with van der Waals surface area (Å²) in [6.45, 7) is 4.17. The maximum atomic E-state index is 10.9. The first-order chi connectivity index (χ1) is 6.83. The zero-order chi connectivity index (χ0) is 10.2. The summed E-state index contributed by atoms with van der Waals surface area (Å²) in [5, 5.41) is 2.89. The van der Waals surface area contributed by atoms with E-state index in [2.05, 4.69) is 5.32 Å². The Morgan fingerprint density at radius 3 is 2.67 bits per heavy atom. The van der Waals surface area contributed by atoms with E-state index in [1.807, 2.05) is 30.3 Å². The standard InChI is InChI=1S/C11H14NO2.Y/c1-2-14-11(13)9-12-8-10-6-4-3-5-7-10;/h3-7,9,12H,2,8H2,1H3;/q-1;. The van der Waals surface area contributed by atoms with Gasteiger partial charge in [0.15, 0.2) is 5.97 Å². The summed E-state index contributed by atoms with van der Waals surface area (Å²) in [6.07, 6.45) is 0. The van der Waals surface area contributed by atoms with Gasteiger partial charge in [0.05, 0.1) is 6.61 Å². The molecule has 1 radical (unpaired) electrons. The predicted molar refractivity (Wildman–Crippen MR) is 54.2 cm³/mol. The van der Waals surface area contributed by atoms with Gasteiger partial charge in [0.25, 0.3) is 0 Å². The van der Waals surface area contributed by atoms with Crippen LogP contribution in [-0.2, 0) is 48.8 Å². The van der Waals surface area contributed by atoms with Crippen molar-refractivity contribution in [1.82, 2.24) is 5.32 Å². The van der Waals surface area contributed by atoms with Gasteiger partial charge in [-0.15, -0.1) is 0 Å². The third-order valence-corrected chi connectivity index (χ3v) is 1.66. The molecular formula is C11H14NO2Y-. The number of ether oxygens (including phenoxy) is 1. The van der Waals surface area contributed by atoms with Crippen molar-refractivity contribution in [2.75, 3.05) is 6.61 Å². The van der Waals surface area contributed by atoms with Crippen LogP contribution in [0.5, 0.6) is 0 Å². The Balaban J connectivity index is 0.00000196.